The molecule has 0 aliphatic rings. The Hall–Kier alpha value is -2.62. The molecule has 0 saturated carbocycles. The van der Waals surface area contributed by atoms with E-state index in [1.54, 1.807) is 0 Å². The van der Waals surface area contributed by atoms with E-state index in [4.69, 9.17) is 4.74 Å². The van der Waals surface area contributed by atoms with E-state index in [9.17, 15) is 30.8 Å². The molecule has 0 amide bonds. The molecule has 0 unspecified atom stereocenters. The Kier molecular flexibility index (Phi) is 5.02. The maximum absolute atomic E-state index is 12.9. The normalized spacial score (nSPS) is 11.9. The molecule has 0 radical (unpaired) electrons. The lowest BCUT2D eigenvalue weighted by Crippen LogP contribution is -2.24. The van der Waals surface area contributed by atoms with E-state index in [-0.39, 0.29) is 5.75 Å². The molecule has 2 rings (SSSR count). The highest BCUT2D eigenvalue weighted by atomic mass is 32.2. The van der Waals surface area contributed by atoms with Crippen LogP contribution >= 0.6 is 0 Å². The third-order valence-electron chi connectivity index (χ3n) is 3.00. The summed E-state index contributed by atoms with van der Waals surface area (Å²) in [5.74, 6) is -2.40. The van der Waals surface area contributed by atoms with Gasteiger partial charge < -0.3 is 9.47 Å². The molecule has 0 fully saturated rings. The largest absolute Gasteiger partial charge is 0.502 e. The molecule has 0 heterocycles. The summed E-state index contributed by atoms with van der Waals surface area (Å²) in [6.07, 6.45) is 0. The zero-order valence-electron chi connectivity index (χ0n) is 12.5. The zero-order chi connectivity index (χ0) is 18.8. The van der Waals surface area contributed by atoms with E-state index < -0.39 is 43.3 Å². The predicted octanol–water partition coefficient (Wildman–Crippen LogP) is 3.70. The lowest BCUT2D eigenvalue weighted by atomic mass is 10.2. The molecule has 0 aromatic heterocycles. The number of sulfone groups is 1. The molecule has 0 saturated heterocycles. The summed E-state index contributed by atoms with van der Waals surface area (Å²) >= 11 is 0. The average Bonchev–Trinajstić information content (AvgIpc) is 2.55. The SMILES string of the molecule is COC(=O)c1ccc(Oc2ccc(F)cc2)c(S(=O)(=O)C(F)(F)F)c1. The van der Waals surface area contributed by atoms with E-state index >= 15 is 0 Å². The monoisotopic (exact) mass is 378 g/mol. The molecule has 5 nitrogen and oxygen atoms in total. The second-order valence-corrected chi connectivity index (χ2v) is 6.57. The highest BCUT2D eigenvalue weighted by Crippen LogP contribution is 2.38. The van der Waals surface area contributed by atoms with Crippen molar-refractivity contribution in [1.29, 1.82) is 0 Å². The van der Waals surface area contributed by atoms with Gasteiger partial charge in [0, 0.05) is 0 Å². The second kappa shape index (κ2) is 6.71. The fourth-order valence-electron chi connectivity index (χ4n) is 1.80. The molecule has 0 N–H and O–H groups in total. The summed E-state index contributed by atoms with van der Waals surface area (Å²) in [5.41, 5.74) is -6.01. The first-order chi connectivity index (χ1) is 11.6. The number of carbonyl (C=O) groups is 1. The van der Waals surface area contributed by atoms with Crippen LogP contribution in [0.1, 0.15) is 10.4 Å². The average molecular weight is 378 g/mol. The minimum Gasteiger partial charge on any atom is -0.465 e. The number of alkyl halides is 3. The van der Waals surface area contributed by atoms with Crippen LogP contribution in [0.2, 0.25) is 0 Å². The van der Waals surface area contributed by atoms with Gasteiger partial charge in [-0.3, -0.25) is 0 Å². The Bertz CT molecular complexity index is 889. The Balaban J connectivity index is 2.59. The third kappa shape index (κ3) is 3.90. The Labute approximate surface area is 139 Å². The molecule has 10 heteroatoms. The van der Waals surface area contributed by atoms with E-state index in [2.05, 4.69) is 4.74 Å². The molecular formula is C15H10F4O5S. The van der Waals surface area contributed by atoms with Crippen LogP contribution in [0, 0.1) is 5.82 Å². The minimum atomic E-state index is -5.81. The molecule has 2 aromatic rings. The number of methoxy groups -OCH3 is 1. The smallest absolute Gasteiger partial charge is 0.465 e. The molecule has 0 aliphatic heterocycles. The van der Waals surface area contributed by atoms with Gasteiger partial charge in [-0.1, -0.05) is 0 Å². The number of esters is 1. The van der Waals surface area contributed by atoms with Crippen LogP contribution in [0.15, 0.2) is 47.4 Å². The van der Waals surface area contributed by atoms with Gasteiger partial charge in [0.2, 0.25) is 0 Å². The lowest BCUT2D eigenvalue weighted by molar-refractivity contribution is -0.0437. The first kappa shape index (κ1) is 18.7. The van der Waals surface area contributed by atoms with Gasteiger partial charge in [-0.2, -0.15) is 13.2 Å². The minimum absolute atomic E-state index is 0.0918. The van der Waals surface area contributed by atoms with Crippen molar-refractivity contribution in [3.05, 3.63) is 53.8 Å². The molecule has 0 spiro atoms. The molecule has 0 aliphatic carbocycles. The van der Waals surface area contributed by atoms with Crippen LogP contribution < -0.4 is 4.74 Å². The molecule has 134 valence electrons. The maximum Gasteiger partial charge on any atom is 0.502 e. The van der Waals surface area contributed by atoms with Gasteiger partial charge in [0.1, 0.15) is 22.2 Å². The van der Waals surface area contributed by atoms with E-state index in [1.165, 1.54) is 0 Å². The molecular weight excluding hydrogens is 368 g/mol. The standard InChI is InChI=1S/C15H10F4O5S/c1-23-14(20)9-2-7-12(24-11-5-3-10(16)4-6-11)13(8-9)25(21,22)15(17,18)19/h2-8H,1H3. The fourth-order valence-corrected chi connectivity index (χ4v) is 2.71. The summed E-state index contributed by atoms with van der Waals surface area (Å²) in [6.45, 7) is 0. The highest BCUT2D eigenvalue weighted by molar-refractivity contribution is 7.92. The zero-order valence-corrected chi connectivity index (χ0v) is 13.3. The van der Waals surface area contributed by atoms with Crippen molar-refractivity contribution in [3.8, 4) is 11.5 Å². The number of hydrogen-bond donors (Lipinski definition) is 0. The number of ether oxygens (including phenoxy) is 2. The van der Waals surface area contributed by atoms with Crippen molar-refractivity contribution in [2.45, 2.75) is 10.4 Å². The van der Waals surface area contributed by atoms with Gasteiger partial charge in [0.25, 0.3) is 9.84 Å². The van der Waals surface area contributed by atoms with Crippen LogP contribution in [0.4, 0.5) is 17.6 Å². The van der Waals surface area contributed by atoms with Crippen molar-refractivity contribution in [2.24, 2.45) is 0 Å². The van der Waals surface area contributed by atoms with Crippen molar-refractivity contribution >= 4 is 15.8 Å². The van der Waals surface area contributed by atoms with Gasteiger partial charge in [0.05, 0.1) is 12.7 Å². The Morgan fingerprint density at radius 3 is 2.16 bits per heavy atom. The summed E-state index contributed by atoms with van der Waals surface area (Å²) in [7, 11) is -4.82. The highest BCUT2D eigenvalue weighted by Gasteiger charge is 2.48. The van der Waals surface area contributed by atoms with Crippen LogP contribution in [0.3, 0.4) is 0 Å². The Morgan fingerprint density at radius 1 is 1.04 bits per heavy atom. The number of halogens is 4. The predicted molar refractivity (Wildman–Crippen MR) is 77.5 cm³/mol. The van der Waals surface area contributed by atoms with Gasteiger partial charge in [-0.15, -0.1) is 0 Å². The van der Waals surface area contributed by atoms with Gasteiger partial charge >= 0.3 is 11.5 Å². The van der Waals surface area contributed by atoms with Crippen molar-refractivity contribution in [1.82, 2.24) is 0 Å². The molecule has 2 aromatic carbocycles. The summed E-state index contributed by atoms with van der Waals surface area (Å²) in [5, 5.41) is 0. The van der Waals surface area contributed by atoms with Crippen LogP contribution in [0.25, 0.3) is 0 Å². The summed E-state index contributed by atoms with van der Waals surface area (Å²) < 4.78 is 84.6. The first-order valence-corrected chi connectivity index (χ1v) is 8.01. The number of hydrogen-bond acceptors (Lipinski definition) is 5. The fraction of sp³-hybridized carbons (Fsp3) is 0.133. The van der Waals surface area contributed by atoms with E-state index in [1.807, 2.05) is 0 Å². The second-order valence-electron chi connectivity index (χ2n) is 4.66. The van der Waals surface area contributed by atoms with Crippen molar-refractivity contribution < 1.29 is 40.2 Å². The van der Waals surface area contributed by atoms with Crippen LogP contribution in [0.5, 0.6) is 11.5 Å². The van der Waals surface area contributed by atoms with Crippen LogP contribution in [-0.2, 0) is 14.6 Å². The lowest BCUT2D eigenvalue weighted by Gasteiger charge is -2.14. The van der Waals surface area contributed by atoms with Crippen LogP contribution in [-0.4, -0.2) is 27.0 Å². The molecule has 0 atom stereocenters. The summed E-state index contributed by atoms with van der Waals surface area (Å²) in [4.78, 5) is 10.2. The maximum atomic E-state index is 12.9. The topological polar surface area (TPSA) is 69.7 Å². The third-order valence-corrected chi connectivity index (χ3v) is 4.51. The Morgan fingerprint density at radius 2 is 1.64 bits per heavy atom. The van der Waals surface area contributed by atoms with E-state index in [0.29, 0.717) is 6.07 Å². The van der Waals surface area contributed by atoms with Gasteiger partial charge in [0.15, 0.2) is 0 Å². The first-order valence-electron chi connectivity index (χ1n) is 6.53. The summed E-state index contributed by atoms with van der Waals surface area (Å²) in [6, 6.07) is 6.61. The quantitative estimate of drug-likeness (QED) is 0.599. The van der Waals surface area contributed by atoms with Gasteiger partial charge in [-0.25, -0.2) is 17.6 Å². The van der Waals surface area contributed by atoms with Crippen molar-refractivity contribution in [3.63, 3.8) is 0 Å². The number of rotatable bonds is 4. The van der Waals surface area contributed by atoms with E-state index in [0.717, 1.165) is 43.5 Å². The molecule has 0 bridgehead atoms. The number of benzene rings is 2. The van der Waals surface area contributed by atoms with Crippen molar-refractivity contribution in [2.75, 3.05) is 7.11 Å². The van der Waals surface area contributed by atoms with Gasteiger partial charge in [-0.05, 0) is 42.5 Å². The molecule has 25 heavy (non-hydrogen) atoms. The number of carbonyl (C=O) groups excluding carboxylic acids is 1.